The SMILES string of the molecule is CCNC(=NCc1nnc(C)n1C)NC(C)c1ccc(F)c(F)c1. The van der Waals surface area contributed by atoms with Gasteiger partial charge in [0.15, 0.2) is 23.4 Å². The normalized spacial score (nSPS) is 13.0. The molecule has 1 aromatic heterocycles. The zero-order valence-corrected chi connectivity index (χ0v) is 14.3. The summed E-state index contributed by atoms with van der Waals surface area (Å²) >= 11 is 0. The fourth-order valence-corrected chi connectivity index (χ4v) is 2.13. The molecule has 0 aliphatic rings. The van der Waals surface area contributed by atoms with Crippen LogP contribution in [0.2, 0.25) is 0 Å². The highest BCUT2D eigenvalue weighted by Gasteiger charge is 2.11. The average molecular weight is 336 g/mol. The predicted molar refractivity (Wildman–Crippen MR) is 88.5 cm³/mol. The number of nitrogens with one attached hydrogen (secondary N) is 2. The van der Waals surface area contributed by atoms with Crippen molar-refractivity contribution in [2.24, 2.45) is 12.0 Å². The lowest BCUT2D eigenvalue weighted by molar-refractivity contribution is 0.504. The molecule has 0 spiro atoms. The summed E-state index contributed by atoms with van der Waals surface area (Å²) in [6.45, 7) is 6.71. The van der Waals surface area contributed by atoms with Crippen LogP contribution in [0.1, 0.15) is 37.1 Å². The van der Waals surface area contributed by atoms with Gasteiger partial charge in [0.25, 0.3) is 0 Å². The van der Waals surface area contributed by atoms with Crippen molar-refractivity contribution >= 4 is 5.96 Å². The van der Waals surface area contributed by atoms with Crippen molar-refractivity contribution < 1.29 is 8.78 Å². The molecule has 2 N–H and O–H groups in total. The molecule has 130 valence electrons. The van der Waals surface area contributed by atoms with Crippen LogP contribution in [0.25, 0.3) is 0 Å². The molecular weight excluding hydrogens is 314 g/mol. The van der Waals surface area contributed by atoms with Gasteiger partial charge >= 0.3 is 0 Å². The molecule has 0 aliphatic carbocycles. The molecule has 2 rings (SSSR count). The number of aromatic nitrogens is 3. The van der Waals surface area contributed by atoms with E-state index in [2.05, 4.69) is 25.8 Å². The van der Waals surface area contributed by atoms with Gasteiger partial charge in [-0.15, -0.1) is 10.2 Å². The van der Waals surface area contributed by atoms with Crippen molar-refractivity contribution in [2.75, 3.05) is 6.54 Å². The Hall–Kier alpha value is -2.51. The number of guanidine groups is 1. The molecule has 0 radical (unpaired) electrons. The van der Waals surface area contributed by atoms with E-state index in [0.717, 1.165) is 17.7 Å². The molecule has 1 aromatic carbocycles. The highest BCUT2D eigenvalue weighted by molar-refractivity contribution is 5.80. The van der Waals surface area contributed by atoms with Crippen LogP contribution in [0.15, 0.2) is 23.2 Å². The Morgan fingerprint density at radius 2 is 2.04 bits per heavy atom. The zero-order chi connectivity index (χ0) is 17.7. The van der Waals surface area contributed by atoms with Crippen LogP contribution in [-0.4, -0.2) is 27.3 Å². The fraction of sp³-hybridized carbons (Fsp3) is 0.438. The number of rotatable bonds is 5. The Labute approximate surface area is 140 Å². The first-order chi connectivity index (χ1) is 11.4. The van der Waals surface area contributed by atoms with Gasteiger partial charge in [0.1, 0.15) is 12.4 Å². The minimum absolute atomic E-state index is 0.237. The number of nitrogens with zero attached hydrogens (tertiary/aromatic N) is 4. The molecule has 8 heteroatoms. The van der Waals surface area contributed by atoms with Gasteiger partial charge in [-0.1, -0.05) is 6.07 Å². The van der Waals surface area contributed by atoms with E-state index in [0.29, 0.717) is 24.6 Å². The van der Waals surface area contributed by atoms with E-state index in [-0.39, 0.29) is 6.04 Å². The van der Waals surface area contributed by atoms with E-state index >= 15 is 0 Å². The molecule has 0 aliphatic heterocycles. The van der Waals surface area contributed by atoms with Crippen LogP contribution in [0, 0.1) is 18.6 Å². The molecule has 0 amide bonds. The van der Waals surface area contributed by atoms with E-state index in [1.165, 1.54) is 6.07 Å². The summed E-state index contributed by atoms with van der Waals surface area (Å²) in [7, 11) is 1.88. The lowest BCUT2D eigenvalue weighted by atomic mass is 10.1. The second-order valence-electron chi connectivity index (χ2n) is 5.46. The van der Waals surface area contributed by atoms with E-state index < -0.39 is 11.6 Å². The Bertz CT molecular complexity index is 725. The highest BCUT2D eigenvalue weighted by atomic mass is 19.2. The van der Waals surface area contributed by atoms with Crippen molar-refractivity contribution in [1.29, 1.82) is 0 Å². The van der Waals surface area contributed by atoms with Crippen molar-refractivity contribution in [3.63, 3.8) is 0 Å². The number of halogens is 2. The van der Waals surface area contributed by atoms with Gasteiger partial charge in [0.05, 0.1) is 6.04 Å². The first-order valence-corrected chi connectivity index (χ1v) is 7.77. The topological polar surface area (TPSA) is 67.1 Å². The molecule has 0 saturated heterocycles. The minimum atomic E-state index is -0.863. The molecule has 1 heterocycles. The van der Waals surface area contributed by atoms with E-state index in [4.69, 9.17) is 0 Å². The minimum Gasteiger partial charge on any atom is -0.357 e. The molecule has 1 atom stereocenters. The van der Waals surface area contributed by atoms with Crippen LogP contribution in [0.4, 0.5) is 8.78 Å². The molecular formula is C16H22F2N6. The molecule has 1 unspecified atom stereocenters. The molecule has 0 saturated carbocycles. The van der Waals surface area contributed by atoms with Gasteiger partial charge in [-0.2, -0.15) is 0 Å². The van der Waals surface area contributed by atoms with Crippen LogP contribution in [0.3, 0.4) is 0 Å². The lowest BCUT2D eigenvalue weighted by Gasteiger charge is -2.18. The number of benzene rings is 1. The highest BCUT2D eigenvalue weighted by Crippen LogP contribution is 2.15. The Kier molecular flexibility index (Phi) is 5.83. The second kappa shape index (κ2) is 7.85. The van der Waals surface area contributed by atoms with Crippen molar-refractivity contribution in [3.8, 4) is 0 Å². The van der Waals surface area contributed by atoms with E-state index in [9.17, 15) is 8.78 Å². The summed E-state index contributed by atoms with van der Waals surface area (Å²) in [5, 5.41) is 14.3. The van der Waals surface area contributed by atoms with E-state index in [1.807, 2.05) is 32.4 Å². The third-order valence-electron chi connectivity index (χ3n) is 3.70. The van der Waals surface area contributed by atoms with Gasteiger partial charge in [0, 0.05) is 13.6 Å². The largest absolute Gasteiger partial charge is 0.357 e. The molecule has 0 fully saturated rings. The maximum absolute atomic E-state index is 13.4. The lowest BCUT2D eigenvalue weighted by Crippen LogP contribution is -2.38. The van der Waals surface area contributed by atoms with Crippen LogP contribution in [-0.2, 0) is 13.6 Å². The van der Waals surface area contributed by atoms with Crippen molar-refractivity contribution in [3.05, 3.63) is 47.0 Å². The zero-order valence-electron chi connectivity index (χ0n) is 14.3. The molecule has 24 heavy (non-hydrogen) atoms. The van der Waals surface area contributed by atoms with Crippen LogP contribution < -0.4 is 10.6 Å². The number of aryl methyl sites for hydroxylation is 1. The summed E-state index contributed by atoms with van der Waals surface area (Å²) in [5.74, 6) is 0.399. The summed E-state index contributed by atoms with van der Waals surface area (Å²) in [6.07, 6.45) is 0. The van der Waals surface area contributed by atoms with Crippen molar-refractivity contribution in [1.82, 2.24) is 25.4 Å². The van der Waals surface area contributed by atoms with Gasteiger partial charge in [-0.3, -0.25) is 0 Å². The standard InChI is InChI=1S/C16H22F2N6/c1-5-19-16(20-9-15-23-22-11(3)24(15)4)21-10(2)12-6-7-13(17)14(18)8-12/h6-8,10H,5,9H2,1-4H3,(H2,19,20,21). The Morgan fingerprint density at radius 3 is 2.62 bits per heavy atom. The predicted octanol–water partition coefficient (Wildman–Crippen LogP) is 2.22. The number of hydrogen-bond donors (Lipinski definition) is 2. The van der Waals surface area contributed by atoms with Gasteiger partial charge in [0.2, 0.25) is 0 Å². The summed E-state index contributed by atoms with van der Waals surface area (Å²) in [6, 6.07) is 3.61. The van der Waals surface area contributed by atoms with Crippen LogP contribution >= 0.6 is 0 Å². The monoisotopic (exact) mass is 336 g/mol. The Morgan fingerprint density at radius 1 is 1.29 bits per heavy atom. The summed E-state index contributed by atoms with van der Waals surface area (Å²) < 4.78 is 28.3. The first kappa shape index (κ1) is 17.8. The third kappa shape index (κ3) is 4.27. The first-order valence-electron chi connectivity index (χ1n) is 7.77. The number of hydrogen-bond acceptors (Lipinski definition) is 3. The quantitative estimate of drug-likeness (QED) is 0.649. The maximum Gasteiger partial charge on any atom is 0.192 e. The third-order valence-corrected chi connectivity index (χ3v) is 3.70. The molecule has 6 nitrogen and oxygen atoms in total. The average Bonchev–Trinajstić information content (AvgIpc) is 2.87. The van der Waals surface area contributed by atoms with Gasteiger partial charge in [-0.05, 0) is 38.5 Å². The fourth-order valence-electron chi connectivity index (χ4n) is 2.13. The van der Waals surface area contributed by atoms with E-state index in [1.54, 1.807) is 6.07 Å². The number of aliphatic imine (C=N–C) groups is 1. The van der Waals surface area contributed by atoms with Gasteiger partial charge in [-0.25, -0.2) is 13.8 Å². The maximum atomic E-state index is 13.4. The summed E-state index contributed by atoms with van der Waals surface area (Å²) in [5.41, 5.74) is 0.633. The van der Waals surface area contributed by atoms with Crippen LogP contribution in [0.5, 0.6) is 0 Å². The Balaban J connectivity index is 2.10. The molecule has 0 bridgehead atoms. The van der Waals surface area contributed by atoms with Crippen molar-refractivity contribution in [2.45, 2.75) is 33.4 Å². The summed E-state index contributed by atoms with van der Waals surface area (Å²) in [4.78, 5) is 4.47. The molecule has 2 aromatic rings. The van der Waals surface area contributed by atoms with Gasteiger partial charge < -0.3 is 15.2 Å². The second-order valence-corrected chi connectivity index (χ2v) is 5.46. The smallest absolute Gasteiger partial charge is 0.192 e.